The second-order valence-electron chi connectivity index (χ2n) is 6.36. The van der Waals surface area contributed by atoms with Crippen LogP contribution in [0.15, 0.2) is 30.3 Å². The average molecular weight is 343 g/mol. The maximum atomic E-state index is 4.54. The van der Waals surface area contributed by atoms with Gasteiger partial charge in [0.2, 0.25) is 0 Å². The SMILES string of the molecule is CCCCCCCCCCCC(CS)Cc1ccccc1.Cl. The number of unbranched alkanes of at least 4 members (excludes halogenated alkanes) is 8. The zero-order chi connectivity index (χ0) is 15.2. The van der Waals surface area contributed by atoms with Gasteiger partial charge in [0.05, 0.1) is 0 Å². The first-order valence-electron chi connectivity index (χ1n) is 9.01. The number of thiol groups is 1. The summed E-state index contributed by atoms with van der Waals surface area (Å²) >= 11 is 4.54. The summed E-state index contributed by atoms with van der Waals surface area (Å²) in [6, 6.07) is 10.9. The molecule has 1 aromatic carbocycles. The molecule has 128 valence electrons. The van der Waals surface area contributed by atoms with Crippen molar-refractivity contribution in [1.29, 1.82) is 0 Å². The Kier molecular flexibility index (Phi) is 15.6. The second-order valence-corrected chi connectivity index (χ2v) is 6.72. The summed E-state index contributed by atoms with van der Waals surface area (Å²) in [6.45, 7) is 2.29. The predicted molar refractivity (Wildman–Crippen MR) is 107 cm³/mol. The van der Waals surface area contributed by atoms with Gasteiger partial charge in [-0.1, -0.05) is 95.0 Å². The Morgan fingerprint density at radius 2 is 1.36 bits per heavy atom. The molecule has 0 saturated heterocycles. The molecule has 0 saturated carbocycles. The molecule has 0 radical (unpaired) electrons. The maximum Gasteiger partial charge on any atom is -0.00663 e. The lowest BCUT2D eigenvalue weighted by Gasteiger charge is -2.14. The minimum absolute atomic E-state index is 0. The fraction of sp³-hybridized carbons (Fsp3) is 0.700. The minimum Gasteiger partial charge on any atom is -0.179 e. The van der Waals surface area contributed by atoms with Crippen molar-refractivity contribution in [3.63, 3.8) is 0 Å². The molecular weight excluding hydrogens is 308 g/mol. The lowest BCUT2D eigenvalue weighted by molar-refractivity contribution is 0.484. The number of hydrogen-bond donors (Lipinski definition) is 1. The molecule has 0 fully saturated rings. The minimum atomic E-state index is 0. The topological polar surface area (TPSA) is 0 Å². The lowest BCUT2D eigenvalue weighted by atomic mass is 9.95. The molecule has 0 N–H and O–H groups in total. The Morgan fingerprint density at radius 3 is 1.91 bits per heavy atom. The summed E-state index contributed by atoms with van der Waals surface area (Å²) in [5.74, 6) is 1.77. The summed E-state index contributed by atoms with van der Waals surface area (Å²) in [5.41, 5.74) is 1.47. The molecule has 0 nitrogen and oxygen atoms in total. The van der Waals surface area contributed by atoms with E-state index in [1.807, 2.05) is 0 Å². The van der Waals surface area contributed by atoms with Crippen LogP contribution in [0.5, 0.6) is 0 Å². The summed E-state index contributed by atoms with van der Waals surface area (Å²) in [5, 5.41) is 0. The molecule has 0 spiro atoms. The highest BCUT2D eigenvalue weighted by Gasteiger charge is 2.07. The van der Waals surface area contributed by atoms with E-state index in [2.05, 4.69) is 49.9 Å². The Labute approximate surface area is 150 Å². The fourth-order valence-corrected chi connectivity index (χ4v) is 3.26. The molecule has 0 bridgehead atoms. The summed E-state index contributed by atoms with van der Waals surface area (Å²) in [6.07, 6.45) is 15.3. The van der Waals surface area contributed by atoms with Crippen LogP contribution in [0.3, 0.4) is 0 Å². The van der Waals surface area contributed by atoms with E-state index >= 15 is 0 Å². The molecule has 2 heteroatoms. The Balaban J connectivity index is 0.00000441. The third kappa shape index (κ3) is 11.4. The Morgan fingerprint density at radius 1 is 0.818 bits per heavy atom. The van der Waals surface area contributed by atoms with Gasteiger partial charge in [0, 0.05) is 0 Å². The molecule has 0 aliphatic heterocycles. The van der Waals surface area contributed by atoms with Crippen LogP contribution in [0, 0.1) is 5.92 Å². The zero-order valence-corrected chi connectivity index (χ0v) is 16.0. The second kappa shape index (κ2) is 15.7. The van der Waals surface area contributed by atoms with Crippen LogP contribution in [0.4, 0.5) is 0 Å². The molecule has 1 unspecified atom stereocenters. The molecule has 0 heterocycles. The Hall–Kier alpha value is -0.140. The number of rotatable bonds is 13. The number of hydrogen-bond acceptors (Lipinski definition) is 1. The highest BCUT2D eigenvalue weighted by Crippen LogP contribution is 2.18. The van der Waals surface area contributed by atoms with Gasteiger partial charge < -0.3 is 0 Å². The fourth-order valence-electron chi connectivity index (χ4n) is 2.95. The van der Waals surface area contributed by atoms with Crippen LogP contribution in [0.25, 0.3) is 0 Å². The van der Waals surface area contributed by atoms with Crippen molar-refractivity contribution in [2.75, 3.05) is 5.75 Å². The van der Waals surface area contributed by atoms with Crippen molar-refractivity contribution >= 4 is 25.0 Å². The van der Waals surface area contributed by atoms with Gasteiger partial charge in [0.15, 0.2) is 0 Å². The van der Waals surface area contributed by atoms with E-state index in [1.165, 1.54) is 76.2 Å². The van der Waals surface area contributed by atoms with Crippen molar-refractivity contribution in [2.45, 2.75) is 77.6 Å². The van der Waals surface area contributed by atoms with Crippen molar-refractivity contribution in [3.8, 4) is 0 Å². The van der Waals surface area contributed by atoms with Crippen molar-refractivity contribution in [1.82, 2.24) is 0 Å². The third-order valence-corrected chi connectivity index (χ3v) is 4.86. The van der Waals surface area contributed by atoms with E-state index in [1.54, 1.807) is 0 Å². The number of halogens is 1. The normalized spacial score (nSPS) is 11.9. The number of benzene rings is 1. The van der Waals surface area contributed by atoms with Gasteiger partial charge >= 0.3 is 0 Å². The first kappa shape index (κ1) is 21.9. The van der Waals surface area contributed by atoms with Crippen LogP contribution in [-0.4, -0.2) is 5.75 Å². The molecule has 0 amide bonds. The first-order valence-corrected chi connectivity index (χ1v) is 9.64. The molecule has 0 aliphatic carbocycles. The van der Waals surface area contributed by atoms with Gasteiger partial charge in [-0.15, -0.1) is 12.4 Å². The van der Waals surface area contributed by atoms with E-state index in [0.29, 0.717) is 0 Å². The molecule has 22 heavy (non-hydrogen) atoms. The zero-order valence-electron chi connectivity index (χ0n) is 14.3. The molecule has 1 atom stereocenters. The van der Waals surface area contributed by atoms with Gasteiger partial charge in [0.1, 0.15) is 0 Å². The van der Waals surface area contributed by atoms with Crippen LogP contribution >= 0.6 is 25.0 Å². The van der Waals surface area contributed by atoms with Gasteiger partial charge in [0.25, 0.3) is 0 Å². The molecule has 0 aliphatic rings. The van der Waals surface area contributed by atoms with E-state index < -0.39 is 0 Å². The highest BCUT2D eigenvalue weighted by atomic mass is 35.5. The molecule has 1 aromatic rings. The van der Waals surface area contributed by atoms with Gasteiger partial charge in [-0.05, 0) is 30.1 Å². The molecule has 1 rings (SSSR count). The lowest BCUT2D eigenvalue weighted by Crippen LogP contribution is -2.06. The van der Waals surface area contributed by atoms with Crippen LogP contribution < -0.4 is 0 Å². The predicted octanol–water partition coefficient (Wildman–Crippen LogP) is 7.12. The van der Waals surface area contributed by atoms with Gasteiger partial charge in [-0.2, -0.15) is 12.6 Å². The quantitative estimate of drug-likeness (QED) is 0.286. The van der Waals surface area contributed by atoms with E-state index in [-0.39, 0.29) is 12.4 Å². The highest BCUT2D eigenvalue weighted by molar-refractivity contribution is 7.80. The smallest absolute Gasteiger partial charge is 0.00663 e. The standard InChI is InChI=1S/C20H34S.ClH/c1-2-3-4-5-6-7-8-9-11-16-20(18-21)17-19-14-12-10-13-15-19;/h10,12-15,20-21H,2-9,11,16-18H2,1H3;1H. The first-order chi connectivity index (χ1) is 10.4. The van der Waals surface area contributed by atoms with E-state index in [9.17, 15) is 0 Å². The van der Waals surface area contributed by atoms with E-state index in [0.717, 1.165) is 11.7 Å². The van der Waals surface area contributed by atoms with Crippen LogP contribution in [0.2, 0.25) is 0 Å². The van der Waals surface area contributed by atoms with Crippen molar-refractivity contribution in [3.05, 3.63) is 35.9 Å². The summed E-state index contributed by atoms with van der Waals surface area (Å²) in [4.78, 5) is 0. The van der Waals surface area contributed by atoms with Crippen molar-refractivity contribution < 1.29 is 0 Å². The maximum absolute atomic E-state index is 4.54. The largest absolute Gasteiger partial charge is 0.179 e. The monoisotopic (exact) mass is 342 g/mol. The Bertz CT molecular complexity index is 326. The summed E-state index contributed by atoms with van der Waals surface area (Å²) < 4.78 is 0. The summed E-state index contributed by atoms with van der Waals surface area (Å²) in [7, 11) is 0. The molecular formula is C20H35ClS. The molecule has 0 aromatic heterocycles. The van der Waals surface area contributed by atoms with Crippen LogP contribution in [0.1, 0.15) is 76.7 Å². The average Bonchev–Trinajstić information content (AvgIpc) is 2.53. The van der Waals surface area contributed by atoms with Crippen LogP contribution in [-0.2, 0) is 6.42 Å². The third-order valence-electron chi connectivity index (χ3n) is 4.34. The van der Waals surface area contributed by atoms with E-state index in [4.69, 9.17) is 0 Å². The van der Waals surface area contributed by atoms with Gasteiger partial charge in [-0.3, -0.25) is 0 Å². The van der Waals surface area contributed by atoms with Gasteiger partial charge in [-0.25, -0.2) is 0 Å². The van der Waals surface area contributed by atoms with Crippen molar-refractivity contribution in [2.24, 2.45) is 5.92 Å².